The van der Waals surface area contributed by atoms with Gasteiger partial charge in [-0.3, -0.25) is 0 Å². The molecule has 1 heterocycles. The number of rotatable bonds is 4. The number of aryl methyl sites for hydroxylation is 1. The number of esters is 2. The molecule has 1 aliphatic rings. The molecule has 5 nitrogen and oxygen atoms in total. The average Bonchev–Trinajstić information content (AvgIpc) is 3.10. The van der Waals surface area contributed by atoms with E-state index in [4.69, 9.17) is 9.47 Å². The third-order valence-corrected chi connectivity index (χ3v) is 4.29. The topological polar surface area (TPSA) is 65.0 Å². The van der Waals surface area contributed by atoms with Gasteiger partial charge in [0.2, 0.25) is 5.90 Å². The van der Waals surface area contributed by atoms with Gasteiger partial charge in [-0.2, -0.15) is 0 Å². The van der Waals surface area contributed by atoms with Crippen molar-refractivity contribution in [3.05, 3.63) is 107 Å². The van der Waals surface area contributed by atoms with Crippen molar-refractivity contribution in [2.45, 2.75) is 6.92 Å². The molecule has 0 aliphatic carbocycles. The Labute approximate surface area is 167 Å². The fourth-order valence-corrected chi connectivity index (χ4v) is 2.84. The maximum Gasteiger partial charge on any atom is 0.363 e. The number of carbonyl (C=O) groups is 2. The molecule has 142 valence electrons. The lowest BCUT2D eigenvalue weighted by Crippen LogP contribution is -2.07. The summed E-state index contributed by atoms with van der Waals surface area (Å²) in [7, 11) is 0. The van der Waals surface area contributed by atoms with Gasteiger partial charge in [-0.25, -0.2) is 14.6 Å². The maximum absolute atomic E-state index is 12.1. The van der Waals surface area contributed by atoms with Crippen LogP contribution in [-0.2, 0) is 9.53 Å². The van der Waals surface area contributed by atoms with E-state index in [0.29, 0.717) is 17.2 Å². The van der Waals surface area contributed by atoms with Crippen LogP contribution < -0.4 is 4.74 Å². The van der Waals surface area contributed by atoms with E-state index in [2.05, 4.69) is 4.99 Å². The smallest absolute Gasteiger partial charge is 0.363 e. The summed E-state index contributed by atoms with van der Waals surface area (Å²) in [5.41, 5.74) is 3.25. The van der Waals surface area contributed by atoms with E-state index in [0.717, 1.165) is 16.7 Å². The quantitative estimate of drug-likeness (QED) is 0.376. The normalized spacial score (nSPS) is 14.4. The van der Waals surface area contributed by atoms with Crippen LogP contribution in [0.1, 0.15) is 27.0 Å². The van der Waals surface area contributed by atoms with Crippen LogP contribution in [0, 0.1) is 6.92 Å². The number of nitrogens with zero attached hydrogens (tertiary/aromatic N) is 1. The Bertz CT molecular complexity index is 1130. The zero-order valence-electron chi connectivity index (χ0n) is 15.7. The van der Waals surface area contributed by atoms with Crippen LogP contribution >= 0.6 is 0 Å². The van der Waals surface area contributed by atoms with Crippen LogP contribution in [0.15, 0.2) is 89.6 Å². The number of carbonyl (C=O) groups excluding carboxylic acids is 2. The summed E-state index contributed by atoms with van der Waals surface area (Å²) < 4.78 is 10.6. The second kappa shape index (κ2) is 7.94. The summed E-state index contributed by atoms with van der Waals surface area (Å²) in [6.07, 6.45) is 1.63. The van der Waals surface area contributed by atoms with Gasteiger partial charge in [0.05, 0.1) is 5.56 Å². The molecule has 0 saturated carbocycles. The van der Waals surface area contributed by atoms with Crippen LogP contribution in [-0.4, -0.2) is 17.8 Å². The molecule has 0 aromatic heterocycles. The number of ether oxygens (including phenoxy) is 2. The first kappa shape index (κ1) is 18.4. The standard InChI is InChI=1S/C24H17NO4/c1-16-6-5-9-19(14-16)22-25-21(24(27)29-22)15-17-10-12-20(13-11-17)28-23(26)18-7-3-2-4-8-18/h2-15H,1H3/b21-15-. The molecule has 1 aliphatic heterocycles. The van der Waals surface area contributed by atoms with Gasteiger partial charge in [0, 0.05) is 5.56 Å². The second-order valence-electron chi connectivity index (χ2n) is 6.53. The van der Waals surface area contributed by atoms with Crippen molar-refractivity contribution in [3.63, 3.8) is 0 Å². The molecule has 0 amide bonds. The minimum Gasteiger partial charge on any atom is -0.423 e. The van der Waals surface area contributed by atoms with E-state index in [-0.39, 0.29) is 5.70 Å². The second-order valence-corrected chi connectivity index (χ2v) is 6.53. The number of cyclic esters (lactones) is 1. The first-order valence-corrected chi connectivity index (χ1v) is 9.05. The fraction of sp³-hybridized carbons (Fsp3) is 0.0417. The summed E-state index contributed by atoms with van der Waals surface area (Å²) in [6, 6.07) is 23.2. The van der Waals surface area contributed by atoms with E-state index in [9.17, 15) is 9.59 Å². The molecule has 0 radical (unpaired) electrons. The minimum absolute atomic E-state index is 0.218. The zero-order chi connectivity index (χ0) is 20.2. The highest BCUT2D eigenvalue weighted by Gasteiger charge is 2.24. The van der Waals surface area contributed by atoms with Crippen LogP contribution in [0.2, 0.25) is 0 Å². The monoisotopic (exact) mass is 383 g/mol. The molecule has 0 atom stereocenters. The summed E-state index contributed by atoms with van der Waals surface area (Å²) in [4.78, 5) is 28.6. The Morgan fingerprint density at radius 2 is 1.72 bits per heavy atom. The lowest BCUT2D eigenvalue weighted by molar-refractivity contribution is -0.129. The zero-order valence-corrected chi connectivity index (χ0v) is 15.7. The lowest BCUT2D eigenvalue weighted by Gasteiger charge is -2.04. The predicted octanol–water partition coefficient (Wildman–Crippen LogP) is 4.56. The number of hydrogen-bond acceptors (Lipinski definition) is 5. The average molecular weight is 383 g/mol. The molecule has 3 aromatic carbocycles. The molecule has 3 aromatic rings. The van der Waals surface area contributed by atoms with Gasteiger partial charge >= 0.3 is 11.9 Å². The largest absolute Gasteiger partial charge is 0.423 e. The van der Waals surface area contributed by atoms with Gasteiger partial charge in [-0.05, 0) is 55.0 Å². The molecule has 0 spiro atoms. The SMILES string of the molecule is Cc1cccc(C2=N/C(=C\c3ccc(OC(=O)c4ccccc4)cc3)C(=O)O2)c1. The van der Waals surface area contributed by atoms with Crippen LogP contribution in [0.3, 0.4) is 0 Å². The van der Waals surface area contributed by atoms with Gasteiger partial charge in [-0.15, -0.1) is 0 Å². The summed E-state index contributed by atoms with van der Waals surface area (Å²) in [6.45, 7) is 1.96. The van der Waals surface area contributed by atoms with Gasteiger partial charge < -0.3 is 9.47 Å². The Morgan fingerprint density at radius 1 is 0.966 bits per heavy atom. The highest BCUT2D eigenvalue weighted by molar-refractivity contribution is 6.12. The van der Waals surface area contributed by atoms with Crippen molar-refractivity contribution in [3.8, 4) is 5.75 Å². The Kier molecular flexibility index (Phi) is 5.03. The van der Waals surface area contributed by atoms with Gasteiger partial charge in [-0.1, -0.05) is 48.0 Å². The Hall–Kier alpha value is -3.99. The van der Waals surface area contributed by atoms with E-state index < -0.39 is 11.9 Å². The van der Waals surface area contributed by atoms with Crippen LogP contribution in [0.25, 0.3) is 6.08 Å². The predicted molar refractivity (Wildman–Crippen MR) is 110 cm³/mol. The van der Waals surface area contributed by atoms with Gasteiger partial charge in [0.1, 0.15) is 5.75 Å². The summed E-state index contributed by atoms with van der Waals surface area (Å²) >= 11 is 0. The van der Waals surface area contributed by atoms with Gasteiger partial charge in [0.25, 0.3) is 0 Å². The lowest BCUT2D eigenvalue weighted by atomic mass is 10.1. The summed E-state index contributed by atoms with van der Waals surface area (Å²) in [5, 5.41) is 0. The van der Waals surface area contributed by atoms with Crippen molar-refractivity contribution in [2.75, 3.05) is 0 Å². The maximum atomic E-state index is 12.1. The van der Waals surface area contributed by atoms with Crippen LogP contribution in [0.5, 0.6) is 5.75 Å². The van der Waals surface area contributed by atoms with Crippen molar-refractivity contribution >= 4 is 23.9 Å². The first-order valence-electron chi connectivity index (χ1n) is 9.05. The van der Waals surface area contributed by atoms with Crippen molar-refractivity contribution in [1.29, 1.82) is 0 Å². The molecule has 0 saturated heterocycles. The molecule has 0 unspecified atom stereocenters. The van der Waals surface area contributed by atoms with Crippen molar-refractivity contribution in [1.82, 2.24) is 0 Å². The molecule has 29 heavy (non-hydrogen) atoms. The van der Waals surface area contributed by atoms with Crippen molar-refractivity contribution < 1.29 is 19.1 Å². The fourth-order valence-electron chi connectivity index (χ4n) is 2.84. The van der Waals surface area contributed by atoms with Gasteiger partial charge in [0.15, 0.2) is 5.70 Å². The number of benzene rings is 3. The molecule has 4 rings (SSSR count). The van der Waals surface area contributed by atoms with E-state index in [1.165, 1.54) is 0 Å². The molecular formula is C24H17NO4. The third-order valence-electron chi connectivity index (χ3n) is 4.29. The Morgan fingerprint density at radius 3 is 2.45 bits per heavy atom. The molecular weight excluding hydrogens is 366 g/mol. The highest BCUT2D eigenvalue weighted by Crippen LogP contribution is 2.21. The molecule has 5 heteroatoms. The molecule has 0 bridgehead atoms. The molecule has 0 N–H and O–H groups in total. The Balaban J connectivity index is 1.50. The number of aliphatic imine (C=N–C) groups is 1. The van der Waals surface area contributed by atoms with E-state index in [1.807, 2.05) is 37.3 Å². The molecule has 0 fully saturated rings. The third kappa shape index (κ3) is 4.30. The minimum atomic E-state index is -0.499. The first-order chi connectivity index (χ1) is 14.1. The van der Waals surface area contributed by atoms with Crippen LogP contribution in [0.4, 0.5) is 0 Å². The van der Waals surface area contributed by atoms with E-state index >= 15 is 0 Å². The summed E-state index contributed by atoms with van der Waals surface area (Å²) in [5.74, 6) is -0.220. The number of hydrogen-bond donors (Lipinski definition) is 0. The van der Waals surface area contributed by atoms with E-state index in [1.54, 1.807) is 54.6 Å². The van der Waals surface area contributed by atoms with Crippen molar-refractivity contribution in [2.24, 2.45) is 4.99 Å². The highest BCUT2D eigenvalue weighted by atomic mass is 16.6.